The zero-order chi connectivity index (χ0) is 11.3. The number of carboxylic acid groups (broad SMARTS) is 1. The van der Waals surface area contributed by atoms with Crippen LogP contribution < -0.4 is 4.90 Å². The number of ether oxygens (including phenoxy) is 1. The second kappa shape index (κ2) is 5.35. The van der Waals surface area contributed by atoms with Crippen LogP contribution in [0.2, 0.25) is 0 Å². The molecule has 0 aliphatic rings. The van der Waals surface area contributed by atoms with Gasteiger partial charge in [-0.15, -0.1) is 0 Å². The van der Waals surface area contributed by atoms with Crippen molar-refractivity contribution in [1.29, 1.82) is 0 Å². The van der Waals surface area contributed by atoms with E-state index < -0.39 is 5.97 Å². The topological polar surface area (TPSA) is 75.8 Å². The van der Waals surface area contributed by atoms with E-state index in [0.29, 0.717) is 25.7 Å². The van der Waals surface area contributed by atoms with Crippen LogP contribution >= 0.6 is 0 Å². The largest absolute Gasteiger partial charge is 0.476 e. The number of aromatic nitrogens is 1. The maximum Gasteiger partial charge on any atom is 0.357 e. The van der Waals surface area contributed by atoms with E-state index in [2.05, 4.69) is 4.98 Å². The van der Waals surface area contributed by atoms with Crippen molar-refractivity contribution in [2.75, 3.05) is 31.7 Å². The summed E-state index contributed by atoms with van der Waals surface area (Å²) in [6.07, 6.45) is 1.13. The maximum atomic E-state index is 10.6. The number of hydrogen-bond acceptors (Lipinski definition) is 5. The van der Waals surface area contributed by atoms with Crippen molar-refractivity contribution < 1.29 is 19.1 Å². The molecule has 0 saturated carbocycles. The third-order valence-electron chi connectivity index (χ3n) is 1.93. The smallest absolute Gasteiger partial charge is 0.357 e. The van der Waals surface area contributed by atoms with Crippen molar-refractivity contribution in [3.8, 4) is 0 Å². The molecule has 0 amide bonds. The van der Waals surface area contributed by atoms with Crippen molar-refractivity contribution in [1.82, 2.24) is 4.98 Å². The Balaban J connectivity index is 2.69. The second-order valence-electron chi connectivity index (χ2n) is 2.89. The van der Waals surface area contributed by atoms with Crippen LogP contribution in [0.25, 0.3) is 0 Å². The lowest BCUT2D eigenvalue weighted by molar-refractivity contribution is 0.0690. The molecule has 1 N–H and O–H groups in total. The highest BCUT2D eigenvalue weighted by atomic mass is 16.5. The Kier molecular flexibility index (Phi) is 4.11. The fraction of sp³-hybridized carbons (Fsp3) is 0.556. The van der Waals surface area contributed by atoms with E-state index in [4.69, 9.17) is 14.3 Å². The molecular formula is C9H14N2O4. The highest BCUT2D eigenvalue weighted by Crippen LogP contribution is 2.12. The van der Waals surface area contributed by atoms with Crippen molar-refractivity contribution in [3.05, 3.63) is 12.0 Å². The van der Waals surface area contributed by atoms with Crippen molar-refractivity contribution in [3.63, 3.8) is 0 Å². The summed E-state index contributed by atoms with van der Waals surface area (Å²) in [5.41, 5.74) is -0.0825. The first-order valence-electron chi connectivity index (χ1n) is 4.61. The Bertz CT molecular complexity index is 324. The minimum atomic E-state index is -1.09. The molecule has 0 radical (unpaired) electrons. The molecule has 15 heavy (non-hydrogen) atoms. The Morgan fingerprint density at radius 3 is 2.93 bits per heavy atom. The summed E-state index contributed by atoms with van der Waals surface area (Å²) in [6, 6.07) is 0.312. The average molecular weight is 214 g/mol. The van der Waals surface area contributed by atoms with Gasteiger partial charge in [-0.1, -0.05) is 0 Å². The summed E-state index contributed by atoms with van der Waals surface area (Å²) in [4.78, 5) is 16.2. The number of hydrogen-bond donors (Lipinski definition) is 1. The third-order valence-corrected chi connectivity index (χ3v) is 1.93. The predicted octanol–water partition coefficient (Wildman–Crippen LogP) is 0.845. The normalized spacial score (nSPS) is 10.3. The number of likely N-dealkylation sites (N-methyl/N-ethyl adjacent to an activating group) is 1. The molecule has 0 fully saturated rings. The number of carbonyl (C=O) groups is 1. The van der Waals surface area contributed by atoms with E-state index in [0.717, 1.165) is 6.26 Å². The molecule has 0 aliphatic carbocycles. The predicted molar refractivity (Wildman–Crippen MR) is 53.2 cm³/mol. The number of rotatable bonds is 6. The van der Waals surface area contributed by atoms with Crippen LogP contribution in [0, 0.1) is 0 Å². The summed E-state index contributed by atoms with van der Waals surface area (Å²) in [5.74, 6) is -1.09. The molecule has 84 valence electrons. The molecule has 1 rings (SSSR count). The number of carboxylic acids is 1. The standard InChI is InChI=1S/C9H14N2O4/c1-3-11(4-5-14-2)9-10-7(6-15-9)8(12)13/h6H,3-5H2,1-2H3,(H,12,13). The third kappa shape index (κ3) is 2.95. The zero-order valence-corrected chi connectivity index (χ0v) is 8.77. The van der Waals surface area contributed by atoms with Gasteiger partial charge in [-0.25, -0.2) is 4.79 Å². The molecular weight excluding hydrogens is 200 g/mol. The molecule has 6 heteroatoms. The summed E-state index contributed by atoms with van der Waals surface area (Å²) < 4.78 is 9.98. The Morgan fingerprint density at radius 2 is 2.47 bits per heavy atom. The quantitative estimate of drug-likeness (QED) is 0.756. The Morgan fingerprint density at radius 1 is 1.73 bits per heavy atom. The van der Waals surface area contributed by atoms with Gasteiger partial charge in [0.1, 0.15) is 6.26 Å². The van der Waals surface area contributed by atoms with Crippen molar-refractivity contribution in [2.45, 2.75) is 6.92 Å². The molecule has 6 nitrogen and oxygen atoms in total. The van der Waals surface area contributed by atoms with E-state index in [1.54, 1.807) is 12.0 Å². The first-order valence-corrected chi connectivity index (χ1v) is 4.61. The number of nitrogens with zero attached hydrogens (tertiary/aromatic N) is 2. The van der Waals surface area contributed by atoms with E-state index in [9.17, 15) is 4.79 Å². The molecule has 1 aromatic rings. The molecule has 0 aliphatic heterocycles. The molecule has 0 spiro atoms. The minimum Gasteiger partial charge on any atom is -0.476 e. The molecule has 0 aromatic carbocycles. The summed E-state index contributed by atoms with van der Waals surface area (Å²) >= 11 is 0. The Hall–Kier alpha value is -1.56. The summed E-state index contributed by atoms with van der Waals surface area (Å²) in [5, 5.41) is 8.66. The highest BCUT2D eigenvalue weighted by Gasteiger charge is 2.14. The molecule has 0 saturated heterocycles. The monoisotopic (exact) mass is 214 g/mol. The first kappa shape index (κ1) is 11.5. The van der Waals surface area contributed by atoms with E-state index in [1.165, 1.54) is 0 Å². The van der Waals surface area contributed by atoms with Gasteiger partial charge in [0, 0.05) is 20.2 Å². The van der Waals surface area contributed by atoms with Gasteiger partial charge in [0.15, 0.2) is 5.69 Å². The van der Waals surface area contributed by atoms with E-state index >= 15 is 0 Å². The van der Waals surface area contributed by atoms with Crippen LogP contribution in [-0.2, 0) is 4.74 Å². The molecule has 0 unspecified atom stereocenters. The lowest BCUT2D eigenvalue weighted by Crippen LogP contribution is -2.27. The van der Waals surface area contributed by atoms with Gasteiger partial charge in [-0.2, -0.15) is 4.98 Å². The fourth-order valence-electron chi connectivity index (χ4n) is 1.10. The van der Waals surface area contributed by atoms with Gasteiger partial charge in [0.05, 0.1) is 6.61 Å². The highest BCUT2D eigenvalue weighted by molar-refractivity contribution is 5.85. The number of oxazole rings is 1. The first-order chi connectivity index (χ1) is 7.19. The lowest BCUT2D eigenvalue weighted by Gasteiger charge is -2.17. The second-order valence-corrected chi connectivity index (χ2v) is 2.89. The van der Waals surface area contributed by atoms with Gasteiger partial charge in [0.25, 0.3) is 6.01 Å². The van der Waals surface area contributed by atoms with E-state index in [-0.39, 0.29) is 5.69 Å². The van der Waals surface area contributed by atoms with Gasteiger partial charge in [-0.05, 0) is 6.92 Å². The number of aromatic carboxylic acids is 1. The van der Waals surface area contributed by atoms with Crippen LogP contribution in [0.15, 0.2) is 10.7 Å². The van der Waals surface area contributed by atoms with E-state index in [1.807, 2.05) is 6.92 Å². The van der Waals surface area contributed by atoms with Crippen molar-refractivity contribution >= 4 is 12.0 Å². The van der Waals surface area contributed by atoms with Crippen LogP contribution in [0.5, 0.6) is 0 Å². The fourth-order valence-corrected chi connectivity index (χ4v) is 1.10. The molecule has 1 aromatic heterocycles. The zero-order valence-electron chi connectivity index (χ0n) is 8.77. The van der Waals surface area contributed by atoms with Gasteiger partial charge in [-0.3, -0.25) is 0 Å². The summed E-state index contributed by atoms with van der Waals surface area (Å²) in [6.45, 7) is 3.77. The Labute approximate surface area is 87.5 Å². The lowest BCUT2D eigenvalue weighted by atomic mass is 10.5. The van der Waals surface area contributed by atoms with Gasteiger partial charge >= 0.3 is 5.97 Å². The SMILES string of the molecule is CCN(CCOC)c1nc(C(=O)O)co1. The molecule has 0 atom stereocenters. The van der Waals surface area contributed by atoms with Crippen LogP contribution in [0.1, 0.15) is 17.4 Å². The van der Waals surface area contributed by atoms with Crippen LogP contribution in [0.4, 0.5) is 6.01 Å². The van der Waals surface area contributed by atoms with Crippen LogP contribution in [0.3, 0.4) is 0 Å². The van der Waals surface area contributed by atoms with Gasteiger partial charge < -0.3 is 19.2 Å². The molecule has 0 bridgehead atoms. The number of methoxy groups -OCH3 is 1. The minimum absolute atomic E-state index is 0.0825. The molecule has 1 heterocycles. The van der Waals surface area contributed by atoms with Gasteiger partial charge in [0.2, 0.25) is 0 Å². The van der Waals surface area contributed by atoms with Crippen LogP contribution in [-0.4, -0.2) is 42.9 Å². The average Bonchev–Trinajstić information content (AvgIpc) is 2.68. The number of anilines is 1. The summed E-state index contributed by atoms with van der Waals surface area (Å²) in [7, 11) is 1.60. The maximum absolute atomic E-state index is 10.6. The van der Waals surface area contributed by atoms with Crippen molar-refractivity contribution in [2.24, 2.45) is 0 Å².